The van der Waals surface area contributed by atoms with E-state index in [-0.39, 0.29) is 43.0 Å². The number of rotatable bonds is 2. The van der Waals surface area contributed by atoms with E-state index in [4.69, 9.17) is 5.73 Å². The van der Waals surface area contributed by atoms with Crippen LogP contribution in [0.2, 0.25) is 0 Å². The molecule has 0 radical (unpaired) electrons. The quantitative estimate of drug-likeness (QED) is 0.432. The molecular formula is C10H10FN3U. The van der Waals surface area contributed by atoms with Crippen molar-refractivity contribution in [2.24, 2.45) is 10.7 Å². The molecule has 1 unspecified atom stereocenters. The fourth-order valence-corrected chi connectivity index (χ4v) is 0.855. The van der Waals surface area contributed by atoms with Crippen molar-refractivity contribution in [1.82, 2.24) is 0 Å². The van der Waals surface area contributed by atoms with Gasteiger partial charge in [0.15, 0.2) is 0 Å². The molecule has 0 bridgehead atoms. The predicted molar refractivity (Wildman–Crippen MR) is 55.0 cm³/mol. The molecule has 3 nitrogen and oxygen atoms in total. The van der Waals surface area contributed by atoms with E-state index in [2.05, 4.69) is 11.2 Å². The van der Waals surface area contributed by atoms with Crippen molar-refractivity contribution in [2.45, 2.75) is 13.0 Å². The molecule has 0 aliphatic carbocycles. The zero-order chi connectivity index (χ0) is 10.6. The number of hydrogen-bond acceptors (Lipinski definition) is 1. The molecular weight excluding hydrogens is 419 g/mol. The Labute approximate surface area is 112 Å². The molecule has 1 aromatic rings. The zero-order valence-electron chi connectivity index (χ0n) is 8.24. The minimum absolute atomic E-state index is 0. The molecule has 5 heteroatoms. The van der Waals surface area contributed by atoms with E-state index < -0.39 is 5.82 Å². The molecule has 0 aliphatic heterocycles. The first-order valence-corrected chi connectivity index (χ1v) is 4.13. The van der Waals surface area contributed by atoms with Crippen LogP contribution in [0.5, 0.6) is 0 Å². The van der Waals surface area contributed by atoms with Gasteiger partial charge in [0, 0.05) is 0 Å². The van der Waals surface area contributed by atoms with Gasteiger partial charge < -0.3 is 16.1 Å². The van der Waals surface area contributed by atoms with Crippen LogP contribution in [0.3, 0.4) is 0 Å². The molecule has 0 fully saturated rings. The summed E-state index contributed by atoms with van der Waals surface area (Å²) in [6.07, 6.45) is 2.46. The largest absolute Gasteiger partial charge is 2.00 e. The number of amidine groups is 1. The van der Waals surface area contributed by atoms with Gasteiger partial charge in [-0.25, -0.2) is 10.2 Å². The van der Waals surface area contributed by atoms with Gasteiger partial charge >= 0.3 is 31.1 Å². The van der Waals surface area contributed by atoms with Crippen LogP contribution in [0, 0.1) is 36.9 Å². The number of benzene rings is 1. The standard InChI is InChI=1S/C10H10FN3.U/c1-7(12)6-14-10(13)8-3-2-4-9(11)5-8;/h2-5,7H,12H2,1H3;/q-2;+2. The van der Waals surface area contributed by atoms with Gasteiger partial charge in [0.1, 0.15) is 5.82 Å². The van der Waals surface area contributed by atoms with E-state index in [1.807, 2.05) is 0 Å². The molecule has 15 heavy (non-hydrogen) atoms. The van der Waals surface area contributed by atoms with Crippen LogP contribution in [0.1, 0.15) is 12.5 Å². The number of nitrogens with zero attached hydrogens (tertiary/aromatic N) is 2. The van der Waals surface area contributed by atoms with Crippen LogP contribution in [0.4, 0.5) is 4.39 Å². The first-order valence-electron chi connectivity index (χ1n) is 4.13. The molecule has 0 aromatic heterocycles. The second-order valence-corrected chi connectivity index (χ2v) is 2.86. The maximum Gasteiger partial charge on any atom is 2.00 e. The van der Waals surface area contributed by atoms with Crippen molar-refractivity contribution >= 4 is 12.1 Å². The molecule has 2 N–H and O–H groups in total. The van der Waals surface area contributed by atoms with Crippen molar-refractivity contribution in [2.75, 3.05) is 0 Å². The molecule has 76 valence electrons. The van der Waals surface area contributed by atoms with Crippen LogP contribution >= 0.6 is 0 Å². The molecule has 1 rings (SSSR count). The molecule has 0 saturated carbocycles. The molecule has 0 heterocycles. The summed E-state index contributed by atoms with van der Waals surface area (Å²) in [7, 11) is 0. The average Bonchev–Trinajstić information content (AvgIpc) is 2.14. The van der Waals surface area contributed by atoms with Crippen molar-refractivity contribution < 1.29 is 35.5 Å². The summed E-state index contributed by atoms with van der Waals surface area (Å²) in [6, 6.07) is 5.13. The van der Waals surface area contributed by atoms with Gasteiger partial charge in [-0.2, -0.15) is 0 Å². The molecule has 1 atom stereocenters. The molecule has 0 spiro atoms. The second kappa shape index (κ2) is 6.89. The van der Waals surface area contributed by atoms with Crippen molar-refractivity contribution in [3.63, 3.8) is 0 Å². The number of hydrogen-bond donors (Lipinski definition) is 1. The summed E-state index contributed by atoms with van der Waals surface area (Å²) in [6.45, 7) is 1.67. The first kappa shape index (κ1) is 14.5. The Morgan fingerprint density at radius 1 is 1.60 bits per heavy atom. The number of halogens is 1. The van der Waals surface area contributed by atoms with Gasteiger partial charge in [-0.3, -0.25) is 6.21 Å². The second-order valence-electron chi connectivity index (χ2n) is 2.86. The predicted octanol–water partition coefficient (Wildman–Crippen LogP) is 1.44. The summed E-state index contributed by atoms with van der Waals surface area (Å²) < 4.78 is 12.7. The van der Waals surface area contributed by atoms with E-state index in [0.29, 0.717) is 5.56 Å². The van der Waals surface area contributed by atoms with E-state index in [1.54, 1.807) is 13.0 Å². The minimum atomic E-state index is -0.426. The fraction of sp³-hybridized carbons (Fsp3) is 0.200. The number of nitrogens with two attached hydrogens (primary N) is 1. The van der Waals surface area contributed by atoms with E-state index in [9.17, 15) is 9.80 Å². The Morgan fingerprint density at radius 2 is 2.27 bits per heavy atom. The first-order chi connectivity index (χ1) is 6.59. The summed E-state index contributed by atoms with van der Waals surface area (Å²) in [5.41, 5.74) is 5.65. The van der Waals surface area contributed by atoms with E-state index in [0.717, 1.165) is 0 Å². The molecule has 1 aromatic carbocycles. The Morgan fingerprint density at radius 3 is 2.80 bits per heavy atom. The monoisotopic (exact) mass is 429 g/mol. The third kappa shape index (κ3) is 5.22. The van der Waals surface area contributed by atoms with Crippen molar-refractivity contribution in [3.8, 4) is 0 Å². The maximum atomic E-state index is 12.7. The van der Waals surface area contributed by atoms with Gasteiger partial charge in [-0.15, -0.1) is 5.56 Å². The van der Waals surface area contributed by atoms with Crippen LogP contribution < -0.4 is 5.73 Å². The zero-order valence-corrected chi connectivity index (χ0v) is 12.4. The number of aliphatic imine (C=N–C) groups is 1. The van der Waals surface area contributed by atoms with Gasteiger partial charge in [0.05, 0.1) is 0 Å². The smallest absolute Gasteiger partial charge is 0.639 e. The van der Waals surface area contributed by atoms with Gasteiger partial charge in [0.25, 0.3) is 0 Å². The molecule has 0 saturated heterocycles. The minimum Gasteiger partial charge on any atom is -0.639 e. The summed E-state index contributed by atoms with van der Waals surface area (Å²) >= 11 is 0. The summed E-state index contributed by atoms with van der Waals surface area (Å²) in [5.74, 6) is -0.716. The van der Waals surface area contributed by atoms with Crippen molar-refractivity contribution in [1.29, 1.82) is 0 Å². The van der Waals surface area contributed by atoms with Crippen LogP contribution in [-0.4, -0.2) is 18.1 Å². The Balaban J connectivity index is 0.00000196. The van der Waals surface area contributed by atoms with Crippen LogP contribution in [0.25, 0.3) is 5.41 Å². The Kier molecular flexibility index (Phi) is 6.66. The normalized spacial score (nSPS) is 12.2. The summed E-state index contributed by atoms with van der Waals surface area (Å²) in [5, 5.41) is 9.36. The summed E-state index contributed by atoms with van der Waals surface area (Å²) in [4.78, 5) is 3.57. The third-order valence-electron chi connectivity index (χ3n) is 1.46. The van der Waals surface area contributed by atoms with Crippen LogP contribution in [-0.2, 0) is 0 Å². The van der Waals surface area contributed by atoms with E-state index >= 15 is 0 Å². The van der Waals surface area contributed by atoms with Crippen molar-refractivity contribution in [3.05, 3.63) is 41.1 Å². The fourth-order valence-electron chi connectivity index (χ4n) is 0.855. The van der Waals surface area contributed by atoms with Crippen LogP contribution in [0.15, 0.2) is 29.3 Å². The third-order valence-corrected chi connectivity index (χ3v) is 1.46. The average molecular weight is 429 g/mol. The topological polar surface area (TPSA) is 60.7 Å². The Hall–Kier alpha value is -0.498. The Bertz CT molecular complexity index is 363. The van der Waals surface area contributed by atoms with Gasteiger partial charge in [-0.1, -0.05) is 25.1 Å². The SMILES string of the molecule is CC(N)[C-]=NC(=[N-])c1cccc(F)c1.[U+2]. The van der Waals surface area contributed by atoms with Gasteiger partial charge in [0.2, 0.25) is 0 Å². The molecule has 0 amide bonds. The van der Waals surface area contributed by atoms with E-state index in [1.165, 1.54) is 18.2 Å². The molecule has 0 aliphatic rings. The maximum absolute atomic E-state index is 12.7. The van der Waals surface area contributed by atoms with Gasteiger partial charge in [-0.05, 0) is 12.1 Å².